The minimum atomic E-state index is -0.570. The van der Waals surface area contributed by atoms with Crippen LogP contribution in [0.25, 0.3) is 33.2 Å². The molecule has 0 bridgehead atoms. The molecule has 2 heterocycles. The van der Waals surface area contributed by atoms with E-state index in [-0.39, 0.29) is 19.0 Å². The summed E-state index contributed by atoms with van der Waals surface area (Å²) < 4.78 is 28.0. The van der Waals surface area contributed by atoms with Gasteiger partial charge < -0.3 is 28.4 Å². The van der Waals surface area contributed by atoms with E-state index in [9.17, 15) is 9.59 Å². The molecule has 0 fully saturated rings. The van der Waals surface area contributed by atoms with E-state index < -0.39 is 11.7 Å². The van der Waals surface area contributed by atoms with Crippen LogP contribution in [0.5, 0.6) is 5.75 Å². The molecule has 2 aromatic heterocycles. The number of esters is 1. The number of rotatable bonds is 10. The molecule has 0 aliphatic heterocycles. The van der Waals surface area contributed by atoms with Crippen molar-refractivity contribution in [3.8, 4) is 28.0 Å². The predicted molar refractivity (Wildman–Crippen MR) is 164 cm³/mol. The Morgan fingerprint density at radius 1 is 0.884 bits per heavy atom. The van der Waals surface area contributed by atoms with Gasteiger partial charge in [-0.3, -0.25) is 4.79 Å². The highest BCUT2D eigenvalue weighted by atomic mass is 16.6. The van der Waals surface area contributed by atoms with Crippen LogP contribution in [0.2, 0.25) is 0 Å². The average molecular weight is 582 g/mol. The van der Waals surface area contributed by atoms with Crippen molar-refractivity contribution < 1.29 is 32.6 Å². The second kappa shape index (κ2) is 12.9. The van der Waals surface area contributed by atoms with Crippen molar-refractivity contribution in [1.82, 2.24) is 5.32 Å². The van der Waals surface area contributed by atoms with Gasteiger partial charge in [-0.15, -0.1) is 0 Å². The molecule has 0 radical (unpaired) electrons. The van der Waals surface area contributed by atoms with Gasteiger partial charge in [-0.1, -0.05) is 30.3 Å². The highest BCUT2D eigenvalue weighted by Crippen LogP contribution is 2.33. The molecule has 0 atom stereocenters. The number of amides is 1. The normalized spacial score (nSPS) is 11.3. The number of benzene rings is 3. The third kappa shape index (κ3) is 7.65. The summed E-state index contributed by atoms with van der Waals surface area (Å²) in [5.41, 5.74) is 6.44. The number of carbonyl (C=O) groups excluding carboxylic acids is 2. The van der Waals surface area contributed by atoms with Gasteiger partial charge in [0, 0.05) is 28.6 Å². The number of carbonyl (C=O) groups is 2. The summed E-state index contributed by atoms with van der Waals surface area (Å²) in [6.07, 6.45) is 4.58. The lowest BCUT2D eigenvalue weighted by molar-refractivity contribution is -0.142. The molecule has 0 aliphatic carbocycles. The third-order valence-electron chi connectivity index (χ3n) is 6.64. The summed E-state index contributed by atoms with van der Waals surface area (Å²) in [7, 11) is 0. The topological polar surface area (TPSA) is 100 Å². The van der Waals surface area contributed by atoms with Crippen LogP contribution in [0.3, 0.4) is 0 Å². The standard InChI is InChI=1S/C35H35NO7/c1-5-40-32(37)19-27-10-9-25(29-11-13-39-22-29)18-31(27)42-21-24-16-28-12-14-41-33(28)30(17-24)26-8-6-7-23(15-26)20-36-34(38)43-35(2,3)4/h6-18,22H,5,19-21H2,1-4H3,(H,36,38). The first-order chi connectivity index (χ1) is 20.7. The van der Waals surface area contributed by atoms with Gasteiger partial charge in [0.05, 0.1) is 31.8 Å². The number of alkyl carbamates (subject to hydrolysis) is 1. The van der Waals surface area contributed by atoms with Crippen LogP contribution >= 0.6 is 0 Å². The monoisotopic (exact) mass is 581 g/mol. The number of fused-ring (bicyclic) bond motifs is 1. The second-order valence-corrected chi connectivity index (χ2v) is 11.1. The van der Waals surface area contributed by atoms with Crippen LogP contribution < -0.4 is 10.1 Å². The van der Waals surface area contributed by atoms with Gasteiger partial charge >= 0.3 is 12.1 Å². The van der Waals surface area contributed by atoms with Gasteiger partial charge in [-0.05, 0) is 86.3 Å². The Kier molecular flexibility index (Phi) is 8.85. The molecule has 1 amide bonds. The Bertz CT molecular complexity index is 1710. The number of hydrogen-bond acceptors (Lipinski definition) is 7. The molecular weight excluding hydrogens is 546 g/mol. The van der Waals surface area contributed by atoms with E-state index in [4.69, 9.17) is 23.0 Å². The first-order valence-electron chi connectivity index (χ1n) is 14.2. The fraction of sp³-hybridized carbons (Fsp3) is 0.257. The van der Waals surface area contributed by atoms with Crippen LogP contribution in [0.1, 0.15) is 44.4 Å². The van der Waals surface area contributed by atoms with Crippen LogP contribution in [-0.4, -0.2) is 24.3 Å². The van der Waals surface area contributed by atoms with E-state index >= 15 is 0 Å². The quantitative estimate of drug-likeness (QED) is 0.166. The maximum atomic E-state index is 12.3. The summed E-state index contributed by atoms with van der Waals surface area (Å²) in [5, 5.41) is 3.75. The summed E-state index contributed by atoms with van der Waals surface area (Å²) in [4.78, 5) is 24.5. The van der Waals surface area contributed by atoms with Crippen molar-refractivity contribution >= 4 is 23.0 Å². The minimum Gasteiger partial charge on any atom is -0.489 e. The fourth-order valence-electron chi connectivity index (χ4n) is 4.75. The fourth-order valence-corrected chi connectivity index (χ4v) is 4.75. The van der Waals surface area contributed by atoms with Gasteiger partial charge in [0.15, 0.2) is 0 Å². The van der Waals surface area contributed by atoms with Crippen LogP contribution in [0, 0.1) is 0 Å². The van der Waals surface area contributed by atoms with Crippen LogP contribution in [0.4, 0.5) is 4.79 Å². The Morgan fingerprint density at radius 2 is 1.74 bits per heavy atom. The van der Waals surface area contributed by atoms with Crippen molar-refractivity contribution in [3.05, 3.63) is 102 Å². The summed E-state index contributed by atoms with van der Waals surface area (Å²) in [6, 6.07) is 21.5. The zero-order valence-electron chi connectivity index (χ0n) is 24.8. The molecule has 0 saturated heterocycles. The SMILES string of the molecule is CCOC(=O)Cc1ccc(-c2ccoc2)cc1OCc1cc(-c2cccc(CNC(=O)OC(C)(C)C)c2)c2occc2c1. The van der Waals surface area contributed by atoms with Crippen molar-refractivity contribution in [3.63, 3.8) is 0 Å². The molecule has 0 aliphatic rings. The molecule has 43 heavy (non-hydrogen) atoms. The molecule has 3 aromatic carbocycles. The Morgan fingerprint density at radius 3 is 2.51 bits per heavy atom. The largest absolute Gasteiger partial charge is 0.489 e. The molecule has 0 saturated carbocycles. The van der Waals surface area contributed by atoms with E-state index in [2.05, 4.69) is 5.32 Å². The maximum absolute atomic E-state index is 12.3. The lowest BCUT2D eigenvalue weighted by Crippen LogP contribution is -2.32. The first-order valence-corrected chi connectivity index (χ1v) is 14.2. The van der Waals surface area contributed by atoms with Crippen molar-refractivity contribution in [1.29, 1.82) is 0 Å². The summed E-state index contributed by atoms with van der Waals surface area (Å²) in [6.45, 7) is 8.17. The van der Waals surface area contributed by atoms with E-state index in [1.165, 1.54) is 0 Å². The molecule has 222 valence electrons. The number of nitrogens with one attached hydrogen (secondary N) is 1. The lowest BCUT2D eigenvalue weighted by atomic mass is 9.99. The van der Waals surface area contributed by atoms with Crippen molar-refractivity contribution in [2.45, 2.75) is 52.9 Å². The summed E-state index contributed by atoms with van der Waals surface area (Å²) in [5.74, 6) is 0.280. The lowest BCUT2D eigenvalue weighted by Gasteiger charge is -2.19. The van der Waals surface area contributed by atoms with E-state index in [0.29, 0.717) is 18.9 Å². The third-order valence-corrected chi connectivity index (χ3v) is 6.64. The van der Waals surface area contributed by atoms with Gasteiger partial charge in [0.1, 0.15) is 23.5 Å². The van der Waals surface area contributed by atoms with Gasteiger partial charge in [0.2, 0.25) is 0 Å². The molecule has 8 heteroatoms. The molecule has 1 N–H and O–H groups in total. The first kappa shape index (κ1) is 29.5. The van der Waals surface area contributed by atoms with E-state index in [1.807, 2.05) is 87.5 Å². The highest BCUT2D eigenvalue weighted by molar-refractivity contribution is 5.93. The molecule has 5 rings (SSSR count). The van der Waals surface area contributed by atoms with Crippen LogP contribution in [0.15, 0.2) is 94.4 Å². The zero-order chi connectivity index (χ0) is 30.4. The van der Waals surface area contributed by atoms with E-state index in [1.54, 1.807) is 25.7 Å². The van der Waals surface area contributed by atoms with Gasteiger partial charge in [-0.25, -0.2) is 4.79 Å². The average Bonchev–Trinajstić information content (AvgIpc) is 3.67. The number of hydrogen-bond donors (Lipinski definition) is 1. The molecular formula is C35H35NO7. The Balaban J connectivity index is 1.40. The molecule has 0 unspecified atom stereocenters. The van der Waals surface area contributed by atoms with E-state index in [0.717, 1.165) is 49.9 Å². The maximum Gasteiger partial charge on any atom is 0.407 e. The molecule has 0 spiro atoms. The smallest absolute Gasteiger partial charge is 0.407 e. The van der Waals surface area contributed by atoms with Gasteiger partial charge in [-0.2, -0.15) is 0 Å². The minimum absolute atomic E-state index is 0.102. The highest BCUT2D eigenvalue weighted by Gasteiger charge is 2.17. The van der Waals surface area contributed by atoms with Crippen molar-refractivity contribution in [2.75, 3.05) is 6.61 Å². The number of furan rings is 2. The van der Waals surface area contributed by atoms with Crippen molar-refractivity contribution in [2.24, 2.45) is 0 Å². The predicted octanol–water partition coefficient (Wildman–Crippen LogP) is 8.07. The zero-order valence-corrected chi connectivity index (χ0v) is 24.8. The molecule has 5 aromatic rings. The van der Waals surface area contributed by atoms with Crippen LogP contribution in [-0.2, 0) is 33.8 Å². The number of ether oxygens (including phenoxy) is 3. The Labute approximate surface area is 250 Å². The molecule has 8 nitrogen and oxygen atoms in total. The Hall–Kier alpha value is -4.98. The van der Waals surface area contributed by atoms with Gasteiger partial charge in [0.25, 0.3) is 0 Å². The second-order valence-electron chi connectivity index (χ2n) is 11.1. The summed E-state index contributed by atoms with van der Waals surface area (Å²) >= 11 is 0.